The molecule has 1 atom stereocenters. The zero-order chi connectivity index (χ0) is 20.9. The van der Waals surface area contributed by atoms with Gasteiger partial charge in [0.2, 0.25) is 11.8 Å². The summed E-state index contributed by atoms with van der Waals surface area (Å²) >= 11 is 0. The van der Waals surface area contributed by atoms with E-state index in [4.69, 9.17) is 0 Å². The third-order valence-corrected chi connectivity index (χ3v) is 5.72. The minimum Gasteiger partial charge on any atom is -0.335 e. The number of nitrogens with one attached hydrogen (secondary N) is 1. The van der Waals surface area contributed by atoms with Gasteiger partial charge in [-0.15, -0.1) is 0 Å². The van der Waals surface area contributed by atoms with Crippen LogP contribution >= 0.6 is 0 Å². The van der Waals surface area contributed by atoms with Crippen LogP contribution in [-0.4, -0.2) is 23.3 Å². The predicted molar refractivity (Wildman–Crippen MR) is 119 cm³/mol. The summed E-state index contributed by atoms with van der Waals surface area (Å²) in [7, 11) is 0. The molecule has 0 bridgehead atoms. The van der Waals surface area contributed by atoms with Gasteiger partial charge in [-0.05, 0) is 41.2 Å². The van der Waals surface area contributed by atoms with Gasteiger partial charge in [-0.1, -0.05) is 72.8 Å². The molecule has 4 rings (SSSR count). The van der Waals surface area contributed by atoms with E-state index in [-0.39, 0.29) is 24.3 Å². The van der Waals surface area contributed by atoms with E-state index >= 15 is 0 Å². The molecule has 4 heteroatoms. The molecule has 0 fully saturated rings. The first kappa shape index (κ1) is 19.9. The number of carbonyl (C=O) groups is 2. The second-order valence-electron chi connectivity index (χ2n) is 7.75. The van der Waals surface area contributed by atoms with Crippen LogP contribution in [0.2, 0.25) is 0 Å². The number of carbonyl (C=O) groups excluding carboxylic acids is 2. The van der Waals surface area contributed by atoms with Crippen LogP contribution in [0.15, 0.2) is 78.9 Å². The Bertz CT molecular complexity index is 1050. The third-order valence-electron chi connectivity index (χ3n) is 5.72. The van der Waals surface area contributed by atoms with Crippen LogP contribution in [0.3, 0.4) is 0 Å². The number of benzene rings is 3. The van der Waals surface area contributed by atoms with Crippen molar-refractivity contribution in [2.45, 2.75) is 32.2 Å². The number of amides is 2. The molecule has 0 aliphatic carbocycles. The van der Waals surface area contributed by atoms with Crippen molar-refractivity contribution in [2.24, 2.45) is 0 Å². The Hall–Kier alpha value is -3.40. The fourth-order valence-corrected chi connectivity index (χ4v) is 4.24. The number of para-hydroxylation sites is 1. The summed E-state index contributed by atoms with van der Waals surface area (Å²) in [5.41, 5.74) is 5.39. The van der Waals surface area contributed by atoms with Gasteiger partial charge < -0.3 is 10.2 Å². The van der Waals surface area contributed by atoms with E-state index in [9.17, 15) is 9.59 Å². The van der Waals surface area contributed by atoms with Crippen molar-refractivity contribution in [2.75, 3.05) is 11.9 Å². The maximum atomic E-state index is 13.0. The standard InChI is InChI=1S/C26H26N2O2/c1-19(29)28-16-15-21-11-5-7-13-23(21)25(28)18-26(30)27-24-14-8-6-12-22(24)17-20-9-3-2-4-10-20/h2-14,25H,15-18H2,1H3,(H,27,30). The zero-order valence-electron chi connectivity index (χ0n) is 17.2. The van der Waals surface area contributed by atoms with E-state index in [1.54, 1.807) is 6.92 Å². The molecule has 2 amide bonds. The largest absolute Gasteiger partial charge is 0.335 e. The molecule has 1 aliphatic heterocycles. The minimum atomic E-state index is -0.228. The van der Waals surface area contributed by atoms with Crippen LogP contribution in [0.1, 0.15) is 41.6 Å². The van der Waals surface area contributed by atoms with Crippen molar-refractivity contribution < 1.29 is 9.59 Å². The molecule has 1 heterocycles. The lowest BCUT2D eigenvalue weighted by Crippen LogP contribution is -2.40. The molecule has 3 aromatic rings. The molecule has 0 aromatic heterocycles. The Labute approximate surface area is 177 Å². The topological polar surface area (TPSA) is 49.4 Å². The van der Waals surface area contributed by atoms with Crippen molar-refractivity contribution in [1.29, 1.82) is 0 Å². The van der Waals surface area contributed by atoms with Gasteiger partial charge in [0, 0.05) is 19.2 Å². The average molecular weight is 399 g/mol. The number of rotatable bonds is 5. The first-order valence-electron chi connectivity index (χ1n) is 10.4. The fourth-order valence-electron chi connectivity index (χ4n) is 4.24. The SMILES string of the molecule is CC(=O)N1CCc2ccccc2C1CC(=O)Nc1ccccc1Cc1ccccc1. The van der Waals surface area contributed by atoms with Gasteiger partial charge in [0.25, 0.3) is 0 Å². The molecule has 0 saturated carbocycles. The number of nitrogens with zero attached hydrogens (tertiary/aromatic N) is 1. The molecule has 0 spiro atoms. The van der Waals surface area contributed by atoms with Crippen LogP contribution in [-0.2, 0) is 22.4 Å². The van der Waals surface area contributed by atoms with Crippen LogP contribution in [0, 0.1) is 0 Å². The highest BCUT2D eigenvalue weighted by atomic mass is 16.2. The molecular weight excluding hydrogens is 372 g/mol. The van der Waals surface area contributed by atoms with Crippen molar-refractivity contribution in [1.82, 2.24) is 4.90 Å². The first-order valence-corrected chi connectivity index (χ1v) is 10.4. The lowest BCUT2D eigenvalue weighted by molar-refractivity contribution is -0.132. The summed E-state index contributed by atoms with van der Waals surface area (Å²) in [4.78, 5) is 27.0. The second kappa shape index (κ2) is 8.95. The van der Waals surface area contributed by atoms with Crippen LogP contribution < -0.4 is 5.32 Å². The number of hydrogen-bond acceptors (Lipinski definition) is 2. The number of anilines is 1. The first-order chi connectivity index (χ1) is 14.6. The molecule has 0 radical (unpaired) electrons. The van der Waals surface area contributed by atoms with Gasteiger partial charge in [0.1, 0.15) is 0 Å². The van der Waals surface area contributed by atoms with Crippen LogP contribution in [0.4, 0.5) is 5.69 Å². The highest BCUT2D eigenvalue weighted by Gasteiger charge is 2.30. The zero-order valence-corrected chi connectivity index (χ0v) is 17.2. The van der Waals surface area contributed by atoms with Gasteiger partial charge in [-0.2, -0.15) is 0 Å². The molecule has 1 N–H and O–H groups in total. The Morgan fingerprint density at radius 1 is 0.933 bits per heavy atom. The Morgan fingerprint density at radius 2 is 1.63 bits per heavy atom. The average Bonchev–Trinajstić information content (AvgIpc) is 2.76. The van der Waals surface area contributed by atoms with Gasteiger partial charge in [0.05, 0.1) is 12.5 Å². The van der Waals surface area contributed by atoms with Gasteiger partial charge in [-0.25, -0.2) is 0 Å². The highest BCUT2D eigenvalue weighted by Crippen LogP contribution is 2.32. The summed E-state index contributed by atoms with van der Waals surface area (Å²) in [5, 5.41) is 3.09. The van der Waals surface area contributed by atoms with Crippen molar-refractivity contribution in [3.8, 4) is 0 Å². The third kappa shape index (κ3) is 4.43. The molecule has 3 aromatic carbocycles. The lowest BCUT2D eigenvalue weighted by Gasteiger charge is -2.36. The van der Waals surface area contributed by atoms with E-state index in [1.807, 2.05) is 65.6 Å². The highest BCUT2D eigenvalue weighted by molar-refractivity contribution is 5.92. The summed E-state index contributed by atoms with van der Waals surface area (Å²) in [6, 6.07) is 26.0. The van der Waals surface area contributed by atoms with Crippen molar-refractivity contribution >= 4 is 17.5 Å². The molecule has 0 saturated heterocycles. The minimum absolute atomic E-state index is 0.00628. The van der Waals surface area contributed by atoms with Crippen molar-refractivity contribution in [3.63, 3.8) is 0 Å². The van der Waals surface area contributed by atoms with E-state index in [0.29, 0.717) is 6.54 Å². The van der Waals surface area contributed by atoms with E-state index in [0.717, 1.165) is 29.7 Å². The molecule has 1 unspecified atom stereocenters. The molecule has 152 valence electrons. The van der Waals surface area contributed by atoms with Crippen LogP contribution in [0.25, 0.3) is 0 Å². The normalized spacial score (nSPS) is 15.4. The second-order valence-corrected chi connectivity index (χ2v) is 7.75. The quantitative estimate of drug-likeness (QED) is 0.674. The summed E-state index contributed by atoms with van der Waals surface area (Å²) in [6.45, 7) is 2.23. The molecule has 4 nitrogen and oxygen atoms in total. The molecule has 30 heavy (non-hydrogen) atoms. The summed E-state index contributed by atoms with van der Waals surface area (Å²) in [6.07, 6.45) is 1.83. The van der Waals surface area contributed by atoms with E-state index in [2.05, 4.69) is 23.5 Å². The van der Waals surface area contributed by atoms with Gasteiger partial charge in [0.15, 0.2) is 0 Å². The summed E-state index contributed by atoms with van der Waals surface area (Å²) < 4.78 is 0. The lowest BCUT2D eigenvalue weighted by atomic mass is 9.90. The monoisotopic (exact) mass is 398 g/mol. The van der Waals surface area contributed by atoms with E-state index in [1.165, 1.54) is 11.1 Å². The predicted octanol–water partition coefficient (Wildman–Crippen LogP) is 4.75. The fraction of sp³-hybridized carbons (Fsp3) is 0.231. The van der Waals surface area contributed by atoms with Crippen molar-refractivity contribution in [3.05, 3.63) is 101 Å². The molecule has 1 aliphatic rings. The maximum Gasteiger partial charge on any atom is 0.226 e. The summed E-state index contributed by atoms with van der Waals surface area (Å²) in [5.74, 6) is -0.0738. The maximum absolute atomic E-state index is 13.0. The smallest absolute Gasteiger partial charge is 0.226 e. The number of hydrogen-bond donors (Lipinski definition) is 1. The van der Waals surface area contributed by atoms with Crippen LogP contribution in [0.5, 0.6) is 0 Å². The van der Waals surface area contributed by atoms with Gasteiger partial charge in [-0.3, -0.25) is 9.59 Å². The Balaban J connectivity index is 1.53. The molecular formula is C26H26N2O2. The Kier molecular flexibility index (Phi) is 5.94. The van der Waals surface area contributed by atoms with Gasteiger partial charge >= 0.3 is 0 Å². The number of fused-ring (bicyclic) bond motifs is 1. The van der Waals surface area contributed by atoms with E-state index < -0.39 is 0 Å². The Morgan fingerprint density at radius 3 is 2.43 bits per heavy atom.